The Balaban J connectivity index is 1.60. The molecule has 0 unspecified atom stereocenters. The van der Waals surface area contributed by atoms with Gasteiger partial charge in [0.25, 0.3) is 11.5 Å². The summed E-state index contributed by atoms with van der Waals surface area (Å²) in [5.74, 6) is -0.441. The molecule has 0 spiro atoms. The van der Waals surface area contributed by atoms with E-state index in [1.54, 1.807) is 37.3 Å². The number of para-hydroxylation sites is 1. The second-order valence-corrected chi connectivity index (χ2v) is 9.71. The Morgan fingerprint density at radius 2 is 2.00 bits per heavy atom. The van der Waals surface area contributed by atoms with E-state index < -0.39 is 18.3 Å². The third kappa shape index (κ3) is 5.84. The number of ether oxygens (including phenoxy) is 2. The van der Waals surface area contributed by atoms with E-state index in [0.717, 1.165) is 4.47 Å². The predicted octanol–water partition coefficient (Wildman–Crippen LogP) is 5.93. The molecule has 8 nitrogen and oxygen atoms in total. The van der Waals surface area contributed by atoms with E-state index in [2.05, 4.69) is 47.3 Å². The van der Waals surface area contributed by atoms with Crippen LogP contribution in [0.5, 0.6) is 11.5 Å². The molecule has 12 heteroatoms. The third-order valence-corrected chi connectivity index (χ3v) is 7.09. The molecule has 0 saturated heterocycles. The molecule has 0 saturated carbocycles. The molecule has 0 atom stereocenters. The first kappa shape index (κ1) is 26.8. The Morgan fingerprint density at radius 1 is 1.24 bits per heavy atom. The van der Waals surface area contributed by atoms with Crippen molar-refractivity contribution in [1.29, 1.82) is 0 Å². The average Bonchev–Trinajstić information content (AvgIpc) is 2.87. The number of aryl methyl sites for hydroxylation is 1. The van der Waals surface area contributed by atoms with E-state index in [1.807, 2.05) is 0 Å². The van der Waals surface area contributed by atoms with Gasteiger partial charge in [-0.2, -0.15) is 9.78 Å². The number of rotatable bonds is 7. The van der Waals surface area contributed by atoms with Crippen molar-refractivity contribution in [3.05, 3.63) is 90.1 Å². The van der Waals surface area contributed by atoms with Crippen molar-refractivity contribution < 1.29 is 18.7 Å². The molecular weight excluding hydrogens is 635 g/mol. The van der Waals surface area contributed by atoms with Crippen molar-refractivity contribution in [2.45, 2.75) is 6.92 Å². The van der Waals surface area contributed by atoms with Crippen molar-refractivity contribution in [1.82, 2.24) is 9.66 Å². The van der Waals surface area contributed by atoms with Gasteiger partial charge in [0.05, 0.1) is 29.9 Å². The number of amides is 1. The molecule has 4 aromatic rings. The molecule has 37 heavy (non-hydrogen) atoms. The predicted molar refractivity (Wildman–Crippen MR) is 148 cm³/mol. The summed E-state index contributed by atoms with van der Waals surface area (Å²) in [7, 11) is 1.41. The summed E-state index contributed by atoms with van der Waals surface area (Å²) in [6, 6.07) is 12.6. The van der Waals surface area contributed by atoms with Crippen LogP contribution in [0.1, 0.15) is 11.4 Å². The highest BCUT2D eigenvalue weighted by Crippen LogP contribution is 2.42. The fourth-order valence-electron chi connectivity index (χ4n) is 3.39. The number of aromatic nitrogens is 2. The molecule has 0 fully saturated rings. The van der Waals surface area contributed by atoms with Gasteiger partial charge < -0.3 is 14.8 Å². The van der Waals surface area contributed by atoms with Gasteiger partial charge in [0.15, 0.2) is 18.1 Å². The van der Waals surface area contributed by atoms with Crippen LogP contribution in [0, 0.1) is 12.7 Å². The van der Waals surface area contributed by atoms with Crippen LogP contribution in [0.3, 0.4) is 0 Å². The molecule has 0 aliphatic rings. The number of benzene rings is 3. The van der Waals surface area contributed by atoms with Crippen LogP contribution in [0.2, 0.25) is 5.02 Å². The lowest BCUT2D eigenvalue weighted by atomic mass is 10.2. The van der Waals surface area contributed by atoms with E-state index >= 15 is 0 Å². The molecule has 0 bridgehead atoms. The normalized spacial score (nSPS) is 11.2. The monoisotopic (exact) mass is 650 g/mol. The smallest absolute Gasteiger partial charge is 0.282 e. The lowest BCUT2D eigenvalue weighted by Crippen LogP contribution is -2.21. The van der Waals surface area contributed by atoms with Crippen LogP contribution in [0.25, 0.3) is 10.9 Å². The van der Waals surface area contributed by atoms with E-state index in [-0.39, 0.29) is 27.8 Å². The van der Waals surface area contributed by atoms with E-state index in [9.17, 15) is 14.0 Å². The number of hydrogen-bond donors (Lipinski definition) is 1. The molecule has 1 amide bonds. The van der Waals surface area contributed by atoms with Crippen molar-refractivity contribution in [3.63, 3.8) is 0 Å². The van der Waals surface area contributed by atoms with Crippen molar-refractivity contribution >= 4 is 72.2 Å². The number of nitrogens with zero attached hydrogens (tertiary/aromatic N) is 3. The SMILES string of the molecule is COc1cc(C=Nn2c(C)nc3ccc(Br)cc3c2=O)c(Br)c(Cl)c1OCC(=O)Nc1ccccc1F. The Kier molecular flexibility index (Phi) is 8.25. The zero-order chi connectivity index (χ0) is 26.7. The Labute approximate surface area is 232 Å². The van der Waals surface area contributed by atoms with Crippen molar-refractivity contribution in [2.75, 3.05) is 19.0 Å². The topological polar surface area (TPSA) is 94.8 Å². The van der Waals surface area contributed by atoms with Gasteiger partial charge >= 0.3 is 0 Å². The first-order valence-corrected chi connectivity index (χ1v) is 12.6. The van der Waals surface area contributed by atoms with Crippen LogP contribution in [-0.4, -0.2) is 35.5 Å². The van der Waals surface area contributed by atoms with Gasteiger partial charge in [-0.1, -0.05) is 39.7 Å². The van der Waals surface area contributed by atoms with Crippen LogP contribution in [0.15, 0.2) is 67.4 Å². The zero-order valence-electron chi connectivity index (χ0n) is 19.4. The van der Waals surface area contributed by atoms with Crippen LogP contribution in [0.4, 0.5) is 10.1 Å². The number of hydrogen-bond acceptors (Lipinski definition) is 6. The van der Waals surface area contributed by atoms with Crippen molar-refractivity contribution in [3.8, 4) is 11.5 Å². The maximum atomic E-state index is 13.8. The molecule has 3 aromatic carbocycles. The minimum absolute atomic E-state index is 0.0305. The number of fused-ring (bicyclic) bond motifs is 1. The van der Waals surface area contributed by atoms with Crippen LogP contribution in [-0.2, 0) is 4.79 Å². The first-order valence-electron chi connectivity index (χ1n) is 10.7. The standard InChI is InChI=1S/C25H18Br2ClFN4O4/c1-13-31-18-8-7-15(26)10-16(18)25(35)33(13)30-11-14-9-20(36-2)24(23(28)22(14)27)37-12-21(34)32-19-6-4-3-5-17(19)29/h3-11H,12H2,1-2H3,(H,32,34). The Hall–Kier alpha value is -3.28. The second-order valence-electron chi connectivity index (χ2n) is 7.62. The van der Waals surface area contributed by atoms with Crippen LogP contribution < -0.4 is 20.3 Å². The maximum Gasteiger partial charge on any atom is 0.282 e. The minimum atomic E-state index is -0.588. The number of nitrogens with one attached hydrogen (secondary N) is 1. The van der Waals surface area contributed by atoms with E-state index in [0.29, 0.717) is 26.8 Å². The highest BCUT2D eigenvalue weighted by atomic mass is 79.9. The highest BCUT2D eigenvalue weighted by molar-refractivity contribution is 9.10. The maximum absolute atomic E-state index is 13.8. The summed E-state index contributed by atoms with van der Waals surface area (Å²) in [4.78, 5) is 29.7. The summed E-state index contributed by atoms with van der Waals surface area (Å²) in [6.07, 6.45) is 1.42. The fraction of sp³-hybridized carbons (Fsp3) is 0.120. The van der Waals surface area contributed by atoms with Gasteiger partial charge in [-0.3, -0.25) is 9.59 Å². The number of anilines is 1. The molecule has 4 rings (SSSR count). The zero-order valence-corrected chi connectivity index (χ0v) is 23.3. The van der Waals surface area contributed by atoms with E-state index in [4.69, 9.17) is 21.1 Å². The molecule has 1 heterocycles. The molecule has 190 valence electrons. The second kappa shape index (κ2) is 11.4. The Bertz CT molecular complexity index is 1610. The summed E-state index contributed by atoms with van der Waals surface area (Å²) >= 11 is 13.3. The number of halogens is 4. The molecule has 0 aliphatic carbocycles. The number of methoxy groups -OCH3 is 1. The fourth-order valence-corrected chi connectivity index (χ4v) is 4.40. The lowest BCUT2D eigenvalue weighted by Gasteiger charge is -2.15. The van der Waals surface area contributed by atoms with Crippen LogP contribution >= 0.6 is 43.5 Å². The van der Waals surface area contributed by atoms with Gasteiger partial charge in [-0.05, 0) is 59.3 Å². The van der Waals surface area contributed by atoms with Gasteiger partial charge in [0, 0.05) is 14.5 Å². The first-order chi connectivity index (χ1) is 17.7. The lowest BCUT2D eigenvalue weighted by molar-refractivity contribution is -0.118. The number of carbonyl (C=O) groups excluding carboxylic acids is 1. The quantitative estimate of drug-likeness (QED) is 0.250. The minimum Gasteiger partial charge on any atom is -0.493 e. The molecular formula is C25H18Br2ClFN4O4. The summed E-state index contributed by atoms with van der Waals surface area (Å²) in [5, 5.41) is 7.26. The number of carbonyl (C=O) groups is 1. The summed E-state index contributed by atoms with van der Waals surface area (Å²) < 4.78 is 27.1. The van der Waals surface area contributed by atoms with Gasteiger partial charge in [-0.15, -0.1) is 0 Å². The van der Waals surface area contributed by atoms with Gasteiger partial charge in [0.1, 0.15) is 16.7 Å². The third-order valence-electron chi connectivity index (χ3n) is 5.15. The largest absolute Gasteiger partial charge is 0.493 e. The summed E-state index contributed by atoms with van der Waals surface area (Å²) in [6.45, 7) is 1.23. The Morgan fingerprint density at radius 3 is 2.73 bits per heavy atom. The molecule has 0 radical (unpaired) electrons. The highest BCUT2D eigenvalue weighted by Gasteiger charge is 2.19. The van der Waals surface area contributed by atoms with Gasteiger partial charge in [-0.25, -0.2) is 9.37 Å². The summed E-state index contributed by atoms with van der Waals surface area (Å²) in [5.41, 5.74) is 0.729. The average molecular weight is 653 g/mol. The molecule has 1 N–H and O–H groups in total. The van der Waals surface area contributed by atoms with E-state index in [1.165, 1.54) is 36.2 Å². The van der Waals surface area contributed by atoms with Gasteiger partial charge in [0.2, 0.25) is 0 Å². The van der Waals surface area contributed by atoms with Crippen molar-refractivity contribution in [2.24, 2.45) is 5.10 Å². The molecule has 1 aromatic heterocycles. The molecule has 0 aliphatic heterocycles.